The van der Waals surface area contributed by atoms with Gasteiger partial charge in [-0.3, -0.25) is 4.79 Å². The number of rotatable bonds is 4. The molecule has 1 saturated carbocycles. The standard InChI is InChI=1S/C16H22N2OS/c19-16(15-6-3-11-17-15)18-12-7-9-14(10-8-12)20-13-4-1-2-5-13/h7-10,13,15,17H,1-6,11H2,(H,18,19)/t15-/m0/s1. The maximum absolute atomic E-state index is 12.0. The van der Waals surface area contributed by atoms with Crippen molar-refractivity contribution >= 4 is 23.4 Å². The largest absolute Gasteiger partial charge is 0.325 e. The Morgan fingerprint density at radius 3 is 2.50 bits per heavy atom. The molecule has 1 aliphatic heterocycles. The summed E-state index contributed by atoms with van der Waals surface area (Å²) >= 11 is 1.98. The molecule has 0 spiro atoms. The Bertz CT molecular complexity index is 448. The molecule has 0 unspecified atom stereocenters. The molecule has 2 fully saturated rings. The van der Waals surface area contributed by atoms with Crippen LogP contribution in [-0.4, -0.2) is 23.7 Å². The number of nitrogens with one attached hydrogen (secondary N) is 2. The second-order valence-corrected chi connectivity index (χ2v) is 7.06. The first-order chi connectivity index (χ1) is 9.81. The van der Waals surface area contributed by atoms with Crippen LogP contribution in [0.2, 0.25) is 0 Å². The highest BCUT2D eigenvalue weighted by atomic mass is 32.2. The van der Waals surface area contributed by atoms with Crippen molar-refractivity contribution in [3.8, 4) is 0 Å². The van der Waals surface area contributed by atoms with Crippen LogP contribution in [0.25, 0.3) is 0 Å². The third-order valence-corrected chi connectivity index (χ3v) is 5.45. The average molecular weight is 290 g/mol. The van der Waals surface area contributed by atoms with E-state index < -0.39 is 0 Å². The first kappa shape index (κ1) is 14.0. The van der Waals surface area contributed by atoms with Crippen LogP contribution >= 0.6 is 11.8 Å². The number of carbonyl (C=O) groups excluding carboxylic acids is 1. The number of anilines is 1. The Kier molecular flexibility index (Phi) is 4.63. The van der Waals surface area contributed by atoms with E-state index in [-0.39, 0.29) is 11.9 Å². The lowest BCUT2D eigenvalue weighted by Crippen LogP contribution is -2.35. The van der Waals surface area contributed by atoms with Gasteiger partial charge in [-0.1, -0.05) is 12.8 Å². The van der Waals surface area contributed by atoms with Gasteiger partial charge >= 0.3 is 0 Å². The lowest BCUT2D eigenvalue weighted by atomic mass is 10.2. The molecule has 3 rings (SSSR count). The number of hydrogen-bond donors (Lipinski definition) is 2. The summed E-state index contributed by atoms with van der Waals surface area (Å²) in [6.07, 6.45) is 7.48. The van der Waals surface area contributed by atoms with Gasteiger partial charge in [-0.25, -0.2) is 0 Å². The molecule has 0 bridgehead atoms. The fourth-order valence-corrected chi connectivity index (χ4v) is 4.20. The molecule has 1 amide bonds. The van der Waals surface area contributed by atoms with Gasteiger partial charge in [0.1, 0.15) is 0 Å². The fraction of sp³-hybridized carbons (Fsp3) is 0.562. The van der Waals surface area contributed by atoms with Crippen molar-refractivity contribution in [2.75, 3.05) is 11.9 Å². The first-order valence-corrected chi connectivity index (χ1v) is 8.50. The summed E-state index contributed by atoms with van der Waals surface area (Å²) < 4.78 is 0. The molecule has 1 aromatic rings. The molecule has 2 N–H and O–H groups in total. The van der Waals surface area contributed by atoms with Gasteiger partial charge in [0, 0.05) is 15.8 Å². The second-order valence-electron chi connectivity index (χ2n) is 5.69. The zero-order valence-electron chi connectivity index (χ0n) is 11.7. The quantitative estimate of drug-likeness (QED) is 0.893. The van der Waals surface area contributed by atoms with E-state index in [1.165, 1.54) is 30.6 Å². The van der Waals surface area contributed by atoms with Crippen LogP contribution in [0.15, 0.2) is 29.2 Å². The summed E-state index contributed by atoms with van der Waals surface area (Å²) in [5.41, 5.74) is 0.902. The minimum absolute atomic E-state index is 0.0115. The topological polar surface area (TPSA) is 41.1 Å². The van der Waals surface area contributed by atoms with Gasteiger partial charge < -0.3 is 10.6 Å². The molecule has 1 heterocycles. The van der Waals surface area contributed by atoms with E-state index in [1.54, 1.807) is 0 Å². The normalized spacial score (nSPS) is 23.1. The highest BCUT2D eigenvalue weighted by molar-refractivity contribution is 8.00. The maximum Gasteiger partial charge on any atom is 0.241 e. The first-order valence-electron chi connectivity index (χ1n) is 7.62. The maximum atomic E-state index is 12.0. The van der Waals surface area contributed by atoms with Crippen LogP contribution in [0, 0.1) is 0 Å². The third-order valence-electron chi connectivity index (χ3n) is 4.10. The summed E-state index contributed by atoms with van der Waals surface area (Å²) in [5.74, 6) is 0.0960. The predicted octanol–water partition coefficient (Wildman–Crippen LogP) is 3.41. The molecule has 3 nitrogen and oxygen atoms in total. The molecule has 1 atom stereocenters. The Morgan fingerprint density at radius 2 is 1.85 bits per heavy atom. The van der Waals surface area contributed by atoms with E-state index in [1.807, 2.05) is 23.9 Å². The summed E-state index contributed by atoms with van der Waals surface area (Å²) in [6, 6.07) is 8.28. The lowest BCUT2D eigenvalue weighted by Gasteiger charge is -2.12. The molecular formula is C16H22N2OS. The number of benzene rings is 1. The van der Waals surface area contributed by atoms with Crippen LogP contribution in [0.4, 0.5) is 5.69 Å². The van der Waals surface area contributed by atoms with Gasteiger partial charge in [0.25, 0.3) is 0 Å². The zero-order valence-corrected chi connectivity index (χ0v) is 12.5. The minimum atomic E-state index is -0.0115. The highest BCUT2D eigenvalue weighted by Crippen LogP contribution is 2.34. The van der Waals surface area contributed by atoms with Gasteiger partial charge in [0.2, 0.25) is 5.91 Å². The molecule has 0 aromatic heterocycles. The predicted molar refractivity (Wildman–Crippen MR) is 84.2 cm³/mol. The van der Waals surface area contributed by atoms with Crippen molar-refractivity contribution in [2.45, 2.75) is 54.7 Å². The van der Waals surface area contributed by atoms with E-state index in [0.29, 0.717) is 0 Å². The molecule has 2 aliphatic rings. The lowest BCUT2D eigenvalue weighted by molar-refractivity contribution is -0.117. The molecule has 0 radical (unpaired) electrons. The molecule has 1 saturated heterocycles. The molecule has 4 heteroatoms. The zero-order chi connectivity index (χ0) is 13.8. The van der Waals surface area contributed by atoms with Crippen LogP contribution in [0.5, 0.6) is 0 Å². The van der Waals surface area contributed by atoms with E-state index in [2.05, 4.69) is 22.8 Å². The molecule has 20 heavy (non-hydrogen) atoms. The minimum Gasteiger partial charge on any atom is -0.325 e. The Hall–Kier alpha value is -1.00. The molecular weight excluding hydrogens is 268 g/mol. The van der Waals surface area contributed by atoms with E-state index in [4.69, 9.17) is 0 Å². The monoisotopic (exact) mass is 290 g/mol. The fourth-order valence-electron chi connectivity index (χ4n) is 2.95. The Balaban J connectivity index is 1.53. The third kappa shape index (κ3) is 3.55. The van der Waals surface area contributed by atoms with Crippen LogP contribution in [0.3, 0.4) is 0 Å². The van der Waals surface area contributed by atoms with E-state index in [0.717, 1.165) is 30.3 Å². The van der Waals surface area contributed by atoms with E-state index >= 15 is 0 Å². The smallest absolute Gasteiger partial charge is 0.241 e. The van der Waals surface area contributed by atoms with Gasteiger partial charge in [-0.15, -0.1) is 11.8 Å². The number of thioether (sulfide) groups is 1. The summed E-state index contributed by atoms with van der Waals surface area (Å²) in [5, 5.41) is 7.00. The van der Waals surface area contributed by atoms with Crippen LogP contribution < -0.4 is 10.6 Å². The Morgan fingerprint density at radius 1 is 1.10 bits per heavy atom. The summed E-state index contributed by atoms with van der Waals surface area (Å²) in [6.45, 7) is 0.953. The van der Waals surface area contributed by atoms with Crippen molar-refractivity contribution < 1.29 is 4.79 Å². The molecule has 1 aromatic carbocycles. The molecule has 108 valence electrons. The Labute approximate surface area is 124 Å². The second kappa shape index (κ2) is 6.64. The van der Waals surface area contributed by atoms with Crippen LogP contribution in [0.1, 0.15) is 38.5 Å². The van der Waals surface area contributed by atoms with Gasteiger partial charge in [0.15, 0.2) is 0 Å². The summed E-state index contributed by atoms with van der Waals surface area (Å²) in [7, 11) is 0. The summed E-state index contributed by atoms with van der Waals surface area (Å²) in [4.78, 5) is 13.3. The van der Waals surface area contributed by atoms with Gasteiger partial charge in [-0.05, 0) is 56.5 Å². The van der Waals surface area contributed by atoms with Crippen molar-refractivity contribution in [1.29, 1.82) is 0 Å². The number of amides is 1. The highest BCUT2D eigenvalue weighted by Gasteiger charge is 2.22. The average Bonchev–Trinajstić information content (AvgIpc) is 3.13. The van der Waals surface area contributed by atoms with Crippen LogP contribution in [-0.2, 0) is 4.79 Å². The molecule has 1 aliphatic carbocycles. The number of carbonyl (C=O) groups is 1. The van der Waals surface area contributed by atoms with Crippen molar-refractivity contribution in [1.82, 2.24) is 5.32 Å². The van der Waals surface area contributed by atoms with Crippen molar-refractivity contribution in [3.05, 3.63) is 24.3 Å². The van der Waals surface area contributed by atoms with Crippen molar-refractivity contribution in [3.63, 3.8) is 0 Å². The van der Waals surface area contributed by atoms with Crippen molar-refractivity contribution in [2.24, 2.45) is 0 Å². The van der Waals surface area contributed by atoms with E-state index in [9.17, 15) is 4.79 Å². The van der Waals surface area contributed by atoms with Gasteiger partial charge in [0.05, 0.1) is 6.04 Å². The SMILES string of the molecule is O=C(Nc1ccc(SC2CCCC2)cc1)[C@@H]1CCCN1. The van der Waals surface area contributed by atoms with Gasteiger partial charge in [-0.2, -0.15) is 0 Å². The number of hydrogen-bond acceptors (Lipinski definition) is 3.